The molecule has 174 valence electrons. The molecular formula is C24H30F2N2O3S. The lowest BCUT2D eigenvalue weighted by Crippen LogP contribution is -2.28. The molecule has 0 spiro atoms. The molecule has 0 aliphatic heterocycles. The average Bonchev–Trinajstić information content (AvgIpc) is 3.41. The van der Waals surface area contributed by atoms with Crippen LogP contribution < -0.4 is 10.0 Å². The van der Waals surface area contributed by atoms with E-state index < -0.39 is 27.1 Å². The molecule has 2 aromatic carbocycles. The van der Waals surface area contributed by atoms with Crippen LogP contribution in [0.5, 0.6) is 0 Å². The highest BCUT2D eigenvalue weighted by Gasteiger charge is 2.45. The van der Waals surface area contributed by atoms with E-state index in [4.69, 9.17) is 0 Å². The minimum Gasteiger partial charge on any atom is -0.349 e. The van der Waals surface area contributed by atoms with E-state index in [9.17, 15) is 22.0 Å². The summed E-state index contributed by atoms with van der Waals surface area (Å²) in [5.41, 5.74) is 1.97. The Morgan fingerprint density at radius 3 is 2.22 bits per heavy atom. The summed E-state index contributed by atoms with van der Waals surface area (Å²) in [4.78, 5) is 12.7. The van der Waals surface area contributed by atoms with Crippen LogP contribution in [0.2, 0.25) is 0 Å². The molecule has 5 nitrogen and oxygen atoms in total. The summed E-state index contributed by atoms with van der Waals surface area (Å²) in [7, 11) is -3.38. The third-order valence-corrected chi connectivity index (χ3v) is 6.37. The highest BCUT2D eigenvalue weighted by molar-refractivity contribution is 7.92. The van der Waals surface area contributed by atoms with Crippen molar-refractivity contribution in [1.82, 2.24) is 5.32 Å². The Hall–Kier alpha value is -2.48. The van der Waals surface area contributed by atoms with E-state index in [1.54, 1.807) is 39.8 Å². The highest BCUT2D eigenvalue weighted by Crippen LogP contribution is 2.48. The van der Waals surface area contributed by atoms with Crippen molar-refractivity contribution in [3.05, 3.63) is 64.2 Å². The van der Waals surface area contributed by atoms with Crippen LogP contribution in [0.4, 0.5) is 14.5 Å². The van der Waals surface area contributed by atoms with Crippen LogP contribution in [0.1, 0.15) is 68.3 Å². The molecule has 0 saturated heterocycles. The first kappa shape index (κ1) is 24.2. The maximum absolute atomic E-state index is 14.5. The Morgan fingerprint density at radius 1 is 1.12 bits per heavy atom. The van der Waals surface area contributed by atoms with Gasteiger partial charge in [0.15, 0.2) is 0 Å². The fourth-order valence-electron chi connectivity index (χ4n) is 4.05. The predicted octanol–water partition coefficient (Wildman–Crippen LogP) is 4.92. The van der Waals surface area contributed by atoms with E-state index >= 15 is 0 Å². The third-order valence-electron chi connectivity index (χ3n) is 5.77. The van der Waals surface area contributed by atoms with Gasteiger partial charge in [0.25, 0.3) is 0 Å². The van der Waals surface area contributed by atoms with Crippen molar-refractivity contribution in [2.75, 3.05) is 11.0 Å². The van der Waals surface area contributed by atoms with Crippen molar-refractivity contribution in [3.8, 4) is 0 Å². The molecule has 1 aliphatic rings. The zero-order valence-corrected chi connectivity index (χ0v) is 20.0. The van der Waals surface area contributed by atoms with Gasteiger partial charge in [0.2, 0.25) is 15.9 Å². The minimum absolute atomic E-state index is 0.0562. The van der Waals surface area contributed by atoms with Crippen LogP contribution in [-0.2, 0) is 20.2 Å². The fourth-order valence-corrected chi connectivity index (χ4v) is 4.68. The Balaban J connectivity index is 1.67. The molecule has 1 saturated carbocycles. The number of halogens is 2. The third kappa shape index (κ3) is 5.46. The number of benzene rings is 2. The van der Waals surface area contributed by atoms with Crippen molar-refractivity contribution in [2.24, 2.45) is 5.92 Å². The second-order valence-electron chi connectivity index (χ2n) is 9.74. The number of carbonyl (C=O) groups is 1. The molecule has 2 N–H and O–H groups in total. The molecule has 3 rings (SSSR count). The van der Waals surface area contributed by atoms with Crippen LogP contribution in [0.25, 0.3) is 0 Å². The number of anilines is 1. The molecule has 3 unspecified atom stereocenters. The fraction of sp³-hybridized carbons (Fsp3) is 0.458. The summed E-state index contributed by atoms with van der Waals surface area (Å²) in [6.45, 7) is 8.90. The smallest absolute Gasteiger partial charge is 0.229 e. The van der Waals surface area contributed by atoms with Crippen LogP contribution in [-0.4, -0.2) is 20.6 Å². The van der Waals surface area contributed by atoms with Gasteiger partial charge >= 0.3 is 0 Å². The van der Waals surface area contributed by atoms with Crippen LogP contribution in [0, 0.1) is 24.5 Å². The van der Waals surface area contributed by atoms with E-state index in [1.807, 2.05) is 13.0 Å². The van der Waals surface area contributed by atoms with Gasteiger partial charge < -0.3 is 5.32 Å². The normalized spacial score (nSPS) is 19.4. The van der Waals surface area contributed by atoms with Gasteiger partial charge in [-0.3, -0.25) is 9.52 Å². The van der Waals surface area contributed by atoms with Crippen LogP contribution >= 0.6 is 0 Å². The van der Waals surface area contributed by atoms with Gasteiger partial charge in [-0.25, -0.2) is 17.2 Å². The highest BCUT2D eigenvalue weighted by atomic mass is 32.2. The number of carbonyl (C=O) groups excluding carboxylic acids is 1. The first-order valence-corrected chi connectivity index (χ1v) is 12.4. The second-order valence-corrected chi connectivity index (χ2v) is 11.5. The number of amides is 1. The summed E-state index contributed by atoms with van der Waals surface area (Å²) >= 11 is 0. The molecule has 8 heteroatoms. The van der Waals surface area contributed by atoms with E-state index in [0.717, 1.165) is 17.4 Å². The van der Waals surface area contributed by atoms with Gasteiger partial charge in [-0.2, -0.15) is 0 Å². The lowest BCUT2D eigenvalue weighted by Gasteiger charge is -2.21. The van der Waals surface area contributed by atoms with E-state index in [-0.39, 0.29) is 29.3 Å². The maximum Gasteiger partial charge on any atom is 0.229 e. The molecule has 0 radical (unpaired) electrons. The molecule has 1 amide bonds. The Kier molecular flexibility index (Phi) is 6.39. The monoisotopic (exact) mass is 464 g/mol. The summed E-state index contributed by atoms with van der Waals surface area (Å²) in [5, 5.41) is 2.95. The number of nitrogens with one attached hydrogen (secondary N) is 2. The zero-order valence-electron chi connectivity index (χ0n) is 19.2. The predicted molar refractivity (Wildman–Crippen MR) is 122 cm³/mol. The van der Waals surface area contributed by atoms with Crippen LogP contribution in [0.15, 0.2) is 30.3 Å². The Labute approximate surface area is 188 Å². The standard InChI is InChI=1S/C24H30F2N2O3S/c1-13-9-15(7-8-21(13)28-32(6,30)31)14(2)27-23(29)18-12-17(18)16-10-19(25)22(20(26)11-16)24(3,4)5/h7-11,14,17-18,28H,12H2,1-6H3,(H,27,29). The van der Waals surface area contributed by atoms with Gasteiger partial charge in [0, 0.05) is 11.5 Å². The summed E-state index contributed by atoms with van der Waals surface area (Å²) in [6, 6.07) is 7.64. The van der Waals surface area contributed by atoms with Gasteiger partial charge in [-0.15, -0.1) is 0 Å². The number of aryl methyl sites for hydroxylation is 1. The molecule has 3 atom stereocenters. The first-order valence-electron chi connectivity index (χ1n) is 10.6. The molecule has 1 fully saturated rings. The van der Waals surface area contributed by atoms with E-state index in [1.165, 1.54) is 12.1 Å². The zero-order chi connectivity index (χ0) is 24.0. The van der Waals surface area contributed by atoms with Crippen molar-refractivity contribution in [1.29, 1.82) is 0 Å². The number of hydrogen-bond acceptors (Lipinski definition) is 3. The lowest BCUT2D eigenvalue weighted by molar-refractivity contribution is -0.123. The molecular weight excluding hydrogens is 434 g/mol. The molecule has 0 bridgehead atoms. The molecule has 2 aromatic rings. The maximum atomic E-state index is 14.5. The van der Waals surface area contributed by atoms with Gasteiger partial charge in [-0.1, -0.05) is 32.9 Å². The van der Waals surface area contributed by atoms with E-state index in [2.05, 4.69) is 10.0 Å². The average molecular weight is 465 g/mol. The Bertz CT molecular complexity index is 1130. The SMILES string of the molecule is Cc1cc(C(C)NC(=O)C2CC2c2cc(F)c(C(C)(C)C)c(F)c2)ccc1NS(C)(=O)=O. The van der Waals surface area contributed by atoms with Gasteiger partial charge in [-0.05, 0) is 66.5 Å². The Morgan fingerprint density at radius 2 is 1.72 bits per heavy atom. The second kappa shape index (κ2) is 8.46. The van der Waals surface area contributed by atoms with Crippen molar-refractivity contribution in [3.63, 3.8) is 0 Å². The van der Waals surface area contributed by atoms with E-state index in [0.29, 0.717) is 17.7 Å². The van der Waals surface area contributed by atoms with Crippen molar-refractivity contribution >= 4 is 21.6 Å². The summed E-state index contributed by atoms with van der Waals surface area (Å²) in [5.74, 6) is -1.86. The van der Waals surface area contributed by atoms with Crippen molar-refractivity contribution in [2.45, 2.75) is 58.4 Å². The van der Waals surface area contributed by atoms with Gasteiger partial charge in [0.05, 0.1) is 18.0 Å². The number of rotatable bonds is 6. The largest absolute Gasteiger partial charge is 0.349 e. The molecule has 1 aliphatic carbocycles. The summed E-state index contributed by atoms with van der Waals surface area (Å²) in [6.07, 6.45) is 1.63. The lowest BCUT2D eigenvalue weighted by atomic mass is 9.85. The topological polar surface area (TPSA) is 75.3 Å². The van der Waals surface area contributed by atoms with Crippen LogP contribution in [0.3, 0.4) is 0 Å². The number of hydrogen-bond donors (Lipinski definition) is 2. The quantitative estimate of drug-likeness (QED) is 0.637. The van der Waals surface area contributed by atoms with Gasteiger partial charge in [0.1, 0.15) is 11.6 Å². The number of sulfonamides is 1. The molecule has 0 aromatic heterocycles. The molecule has 32 heavy (non-hydrogen) atoms. The van der Waals surface area contributed by atoms with Crippen molar-refractivity contribution < 1.29 is 22.0 Å². The minimum atomic E-state index is -3.38. The summed E-state index contributed by atoms with van der Waals surface area (Å²) < 4.78 is 54.4. The first-order chi connectivity index (χ1) is 14.7. The molecule has 0 heterocycles.